The van der Waals surface area contributed by atoms with Crippen LogP contribution >= 0.6 is 47.2 Å². The Morgan fingerprint density at radius 3 is 2.60 bits per heavy atom. The van der Waals surface area contributed by atoms with Gasteiger partial charge in [0.25, 0.3) is 0 Å². The molecule has 1 aliphatic heterocycles. The van der Waals surface area contributed by atoms with Crippen molar-refractivity contribution in [2.75, 3.05) is 32.8 Å². The minimum absolute atomic E-state index is 0. The fourth-order valence-corrected chi connectivity index (χ4v) is 3.13. The predicted octanol–water partition coefficient (Wildman–Crippen LogP) is 3.12. The summed E-state index contributed by atoms with van der Waals surface area (Å²) in [6.07, 6.45) is 2.12. The molecular formula is C17H27Cl2IN4O. The van der Waals surface area contributed by atoms with Gasteiger partial charge in [-0.1, -0.05) is 29.3 Å². The molecule has 0 atom stereocenters. The second-order valence-electron chi connectivity index (χ2n) is 5.93. The van der Waals surface area contributed by atoms with E-state index in [4.69, 9.17) is 28.3 Å². The van der Waals surface area contributed by atoms with E-state index in [0.717, 1.165) is 45.0 Å². The molecule has 1 aromatic carbocycles. The van der Waals surface area contributed by atoms with Crippen molar-refractivity contribution in [3.05, 3.63) is 33.8 Å². The molecule has 0 spiro atoms. The average molecular weight is 501 g/mol. The molecule has 1 saturated heterocycles. The number of aliphatic hydroxyl groups excluding tert-OH is 1. The summed E-state index contributed by atoms with van der Waals surface area (Å²) in [5.74, 6) is 0.787. The zero-order chi connectivity index (χ0) is 17.4. The number of nitrogens with one attached hydrogen (secondary N) is 2. The van der Waals surface area contributed by atoms with Crippen LogP contribution < -0.4 is 10.6 Å². The molecule has 0 amide bonds. The van der Waals surface area contributed by atoms with E-state index < -0.39 is 0 Å². The minimum atomic E-state index is 0. The van der Waals surface area contributed by atoms with Crippen LogP contribution in [0.15, 0.2) is 23.2 Å². The van der Waals surface area contributed by atoms with Gasteiger partial charge in [0.1, 0.15) is 0 Å². The van der Waals surface area contributed by atoms with E-state index in [9.17, 15) is 0 Å². The summed E-state index contributed by atoms with van der Waals surface area (Å²) in [6, 6.07) is 6.24. The lowest BCUT2D eigenvalue weighted by Crippen LogP contribution is -2.48. The third-order valence-corrected chi connectivity index (χ3v) is 4.77. The van der Waals surface area contributed by atoms with Crippen molar-refractivity contribution in [2.24, 2.45) is 4.99 Å². The number of hydrogen-bond donors (Lipinski definition) is 3. The first-order chi connectivity index (χ1) is 11.6. The van der Waals surface area contributed by atoms with Crippen LogP contribution in [-0.4, -0.2) is 54.8 Å². The maximum Gasteiger partial charge on any atom is 0.191 e. The topological polar surface area (TPSA) is 59.9 Å². The molecule has 1 aromatic rings. The summed E-state index contributed by atoms with van der Waals surface area (Å²) in [5, 5.41) is 16.8. The van der Waals surface area contributed by atoms with Crippen LogP contribution in [0.25, 0.3) is 0 Å². The Kier molecular flexibility index (Phi) is 11.1. The third-order valence-electron chi connectivity index (χ3n) is 4.03. The molecule has 8 heteroatoms. The van der Waals surface area contributed by atoms with Crippen LogP contribution in [0.1, 0.15) is 25.3 Å². The molecule has 5 nitrogen and oxygen atoms in total. The molecule has 25 heavy (non-hydrogen) atoms. The van der Waals surface area contributed by atoms with E-state index in [1.54, 1.807) is 0 Å². The van der Waals surface area contributed by atoms with Crippen molar-refractivity contribution in [1.29, 1.82) is 0 Å². The molecule has 1 fully saturated rings. The number of nitrogens with zero attached hydrogens (tertiary/aromatic N) is 2. The standard InChI is InChI=1S/C17H26Cl2N4O.HI/c1-2-20-17(21-7-10-24)22-14-5-8-23(9-6-14)12-13-3-4-15(18)16(19)11-13;/h3-4,11,14,24H,2,5-10,12H2,1H3,(H2,20,21,22);1H. The van der Waals surface area contributed by atoms with Crippen molar-refractivity contribution in [3.63, 3.8) is 0 Å². The zero-order valence-corrected chi connectivity index (χ0v) is 18.3. The Bertz CT molecular complexity index is 551. The zero-order valence-electron chi connectivity index (χ0n) is 14.5. The summed E-state index contributed by atoms with van der Waals surface area (Å²) in [7, 11) is 0. The summed E-state index contributed by atoms with van der Waals surface area (Å²) >= 11 is 12.1. The lowest BCUT2D eigenvalue weighted by atomic mass is 10.0. The van der Waals surface area contributed by atoms with Gasteiger partial charge in [0.2, 0.25) is 0 Å². The van der Waals surface area contributed by atoms with Crippen molar-refractivity contribution in [2.45, 2.75) is 32.4 Å². The number of piperidine rings is 1. The molecule has 0 aromatic heterocycles. The lowest BCUT2D eigenvalue weighted by molar-refractivity contribution is 0.198. The van der Waals surface area contributed by atoms with E-state index in [1.165, 1.54) is 5.56 Å². The average Bonchev–Trinajstić information content (AvgIpc) is 2.58. The van der Waals surface area contributed by atoms with Crippen LogP contribution in [0.2, 0.25) is 10.0 Å². The first kappa shape index (κ1) is 22.8. The van der Waals surface area contributed by atoms with Gasteiger partial charge in [-0.25, -0.2) is 0 Å². The van der Waals surface area contributed by atoms with Gasteiger partial charge >= 0.3 is 0 Å². The Balaban J connectivity index is 0.00000312. The van der Waals surface area contributed by atoms with Gasteiger partial charge in [0.05, 0.1) is 23.2 Å². The maximum atomic E-state index is 8.91. The molecule has 1 heterocycles. The maximum absolute atomic E-state index is 8.91. The second kappa shape index (κ2) is 12.2. The van der Waals surface area contributed by atoms with Crippen molar-refractivity contribution < 1.29 is 5.11 Å². The number of aliphatic hydroxyl groups is 1. The van der Waals surface area contributed by atoms with Gasteiger partial charge < -0.3 is 15.7 Å². The number of halogens is 3. The van der Waals surface area contributed by atoms with Crippen molar-refractivity contribution >= 4 is 53.1 Å². The van der Waals surface area contributed by atoms with Gasteiger partial charge in [0.15, 0.2) is 5.96 Å². The Hall–Kier alpha value is -0.280. The van der Waals surface area contributed by atoms with E-state index in [0.29, 0.717) is 22.6 Å². The van der Waals surface area contributed by atoms with Crippen LogP contribution in [0, 0.1) is 0 Å². The highest BCUT2D eigenvalue weighted by molar-refractivity contribution is 14.0. The molecule has 3 N–H and O–H groups in total. The van der Waals surface area contributed by atoms with Gasteiger partial charge in [-0.3, -0.25) is 9.89 Å². The van der Waals surface area contributed by atoms with Crippen LogP contribution in [0.4, 0.5) is 0 Å². The lowest BCUT2D eigenvalue weighted by Gasteiger charge is -2.33. The fraction of sp³-hybridized carbons (Fsp3) is 0.588. The van der Waals surface area contributed by atoms with Crippen LogP contribution in [0.5, 0.6) is 0 Å². The van der Waals surface area contributed by atoms with E-state index in [1.807, 2.05) is 25.1 Å². The summed E-state index contributed by atoms with van der Waals surface area (Å²) < 4.78 is 0. The molecule has 0 aliphatic carbocycles. The highest BCUT2D eigenvalue weighted by Crippen LogP contribution is 2.24. The Morgan fingerprint density at radius 1 is 1.28 bits per heavy atom. The predicted molar refractivity (Wildman–Crippen MR) is 116 cm³/mol. The van der Waals surface area contributed by atoms with Gasteiger partial charge in [-0.05, 0) is 37.5 Å². The van der Waals surface area contributed by atoms with Gasteiger partial charge in [-0.15, -0.1) is 24.0 Å². The summed E-state index contributed by atoms with van der Waals surface area (Å²) in [4.78, 5) is 6.76. The second-order valence-corrected chi connectivity index (χ2v) is 6.74. The smallest absolute Gasteiger partial charge is 0.191 e. The first-order valence-corrected chi connectivity index (χ1v) is 9.20. The summed E-state index contributed by atoms with van der Waals surface area (Å²) in [6.45, 7) is 6.28. The quantitative estimate of drug-likeness (QED) is 0.319. The fourth-order valence-electron chi connectivity index (χ4n) is 2.81. The van der Waals surface area contributed by atoms with Crippen LogP contribution in [-0.2, 0) is 6.54 Å². The SMILES string of the molecule is CCNC(=NCCO)NC1CCN(Cc2ccc(Cl)c(Cl)c2)CC1.I. The Labute approximate surface area is 177 Å². The Morgan fingerprint density at radius 2 is 2.00 bits per heavy atom. The number of likely N-dealkylation sites (tertiary alicyclic amines) is 1. The number of rotatable bonds is 6. The van der Waals surface area contributed by atoms with Gasteiger partial charge in [-0.2, -0.15) is 0 Å². The highest BCUT2D eigenvalue weighted by Gasteiger charge is 2.20. The molecule has 0 radical (unpaired) electrons. The molecule has 142 valence electrons. The molecule has 0 bridgehead atoms. The molecule has 2 rings (SSSR count). The van der Waals surface area contributed by atoms with Crippen LogP contribution in [0.3, 0.4) is 0 Å². The minimum Gasteiger partial charge on any atom is -0.394 e. The first-order valence-electron chi connectivity index (χ1n) is 8.44. The normalized spacial score (nSPS) is 16.4. The third kappa shape index (κ3) is 7.86. The number of hydrogen-bond acceptors (Lipinski definition) is 3. The van der Waals surface area contributed by atoms with Crippen molar-refractivity contribution in [1.82, 2.24) is 15.5 Å². The van der Waals surface area contributed by atoms with E-state index in [2.05, 4.69) is 20.5 Å². The molecular weight excluding hydrogens is 474 g/mol. The largest absolute Gasteiger partial charge is 0.394 e. The summed E-state index contributed by atoms with van der Waals surface area (Å²) in [5.41, 5.74) is 1.19. The van der Waals surface area contributed by atoms with Crippen molar-refractivity contribution in [3.8, 4) is 0 Å². The molecule has 0 saturated carbocycles. The highest BCUT2D eigenvalue weighted by atomic mass is 127. The van der Waals surface area contributed by atoms with E-state index in [-0.39, 0.29) is 30.6 Å². The van der Waals surface area contributed by atoms with E-state index >= 15 is 0 Å². The number of guanidine groups is 1. The molecule has 1 aliphatic rings. The van der Waals surface area contributed by atoms with Gasteiger partial charge in [0, 0.05) is 32.2 Å². The monoisotopic (exact) mass is 500 g/mol. The molecule has 0 unspecified atom stereocenters. The number of aliphatic imine (C=N–C) groups is 1. The number of benzene rings is 1.